The van der Waals surface area contributed by atoms with Gasteiger partial charge in [0, 0.05) is 54.0 Å². The first-order chi connectivity index (χ1) is 15.0. The maximum absolute atomic E-state index is 12.8. The first-order valence-electron chi connectivity index (χ1n) is 10.3. The highest BCUT2D eigenvalue weighted by Crippen LogP contribution is 2.31. The lowest BCUT2D eigenvalue weighted by Crippen LogP contribution is -2.51. The van der Waals surface area contributed by atoms with Gasteiger partial charge in [0.1, 0.15) is 0 Å². The van der Waals surface area contributed by atoms with Crippen LogP contribution < -0.4 is 15.5 Å². The second-order valence-electron chi connectivity index (χ2n) is 7.40. The summed E-state index contributed by atoms with van der Waals surface area (Å²) in [7, 11) is 0. The van der Waals surface area contributed by atoms with E-state index < -0.39 is 12.0 Å². The highest BCUT2D eigenvalue weighted by atomic mass is 35.5. The van der Waals surface area contributed by atoms with Crippen LogP contribution in [0.2, 0.25) is 5.02 Å². The number of urea groups is 1. The molecule has 1 fully saturated rings. The lowest BCUT2D eigenvalue weighted by atomic mass is 10.0. The number of ether oxygens (including phenoxy) is 1. The van der Waals surface area contributed by atoms with Gasteiger partial charge in [0.2, 0.25) is 0 Å². The molecule has 0 saturated carbocycles. The molecule has 7 nitrogen and oxygen atoms in total. The van der Waals surface area contributed by atoms with Gasteiger partial charge in [0.25, 0.3) is 0 Å². The Morgan fingerprint density at radius 3 is 2.71 bits per heavy atom. The Morgan fingerprint density at radius 2 is 2.03 bits per heavy atom. The summed E-state index contributed by atoms with van der Waals surface area (Å²) in [6.45, 7) is 5.82. The smallest absolute Gasteiger partial charge is 0.338 e. The third kappa shape index (κ3) is 5.03. The molecular formula is C22H25ClN4O3S. The van der Waals surface area contributed by atoms with Gasteiger partial charge in [0.05, 0.1) is 18.2 Å². The van der Waals surface area contributed by atoms with Crippen LogP contribution in [0.15, 0.2) is 53.0 Å². The number of carbonyl (C=O) groups is 2. The molecule has 164 valence electrons. The highest BCUT2D eigenvalue weighted by Gasteiger charge is 2.35. The number of benzene rings is 1. The predicted octanol–water partition coefficient (Wildman–Crippen LogP) is 3.39. The fraction of sp³-hybridized carbons (Fsp3) is 0.364. The van der Waals surface area contributed by atoms with Crippen LogP contribution in [0.5, 0.6) is 0 Å². The van der Waals surface area contributed by atoms with Gasteiger partial charge in [-0.05, 0) is 36.6 Å². The molecule has 2 amide bonds. The van der Waals surface area contributed by atoms with Crippen LogP contribution in [-0.4, -0.2) is 56.2 Å². The fourth-order valence-electron chi connectivity index (χ4n) is 3.92. The van der Waals surface area contributed by atoms with Gasteiger partial charge < -0.3 is 20.3 Å². The summed E-state index contributed by atoms with van der Waals surface area (Å²) >= 11 is 7.63. The van der Waals surface area contributed by atoms with Crippen molar-refractivity contribution in [2.24, 2.45) is 0 Å². The third-order valence-electron chi connectivity index (χ3n) is 5.40. The minimum Gasteiger partial charge on any atom is -0.463 e. The van der Waals surface area contributed by atoms with Crippen molar-refractivity contribution in [2.75, 3.05) is 44.2 Å². The second kappa shape index (κ2) is 9.72. The molecule has 3 heterocycles. The third-order valence-corrected chi connectivity index (χ3v) is 6.58. The molecule has 0 radical (unpaired) electrons. The topological polar surface area (TPSA) is 73.9 Å². The van der Waals surface area contributed by atoms with E-state index in [0.717, 1.165) is 41.8 Å². The van der Waals surface area contributed by atoms with E-state index in [1.165, 1.54) is 11.3 Å². The van der Waals surface area contributed by atoms with Crippen molar-refractivity contribution in [2.45, 2.75) is 13.0 Å². The van der Waals surface area contributed by atoms with E-state index >= 15 is 0 Å². The number of piperazine rings is 1. The molecule has 1 saturated heterocycles. The van der Waals surface area contributed by atoms with Gasteiger partial charge in [-0.2, -0.15) is 0 Å². The Labute approximate surface area is 190 Å². The number of esters is 1. The van der Waals surface area contributed by atoms with Gasteiger partial charge in [-0.1, -0.05) is 23.7 Å². The number of halogens is 1. The molecule has 0 unspecified atom stereocenters. The van der Waals surface area contributed by atoms with Crippen molar-refractivity contribution in [1.82, 2.24) is 15.5 Å². The number of thiophene rings is 1. The van der Waals surface area contributed by atoms with E-state index in [1.54, 1.807) is 6.92 Å². The highest BCUT2D eigenvalue weighted by molar-refractivity contribution is 7.10. The van der Waals surface area contributed by atoms with Crippen molar-refractivity contribution in [1.29, 1.82) is 0 Å². The van der Waals surface area contributed by atoms with Gasteiger partial charge >= 0.3 is 12.0 Å². The van der Waals surface area contributed by atoms with Crippen LogP contribution >= 0.6 is 22.9 Å². The minimum absolute atomic E-state index is 0.277. The molecule has 0 aliphatic carbocycles. The van der Waals surface area contributed by atoms with Crippen LogP contribution in [-0.2, 0) is 9.53 Å². The first-order valence-corrected chi connectivity index (χ1v) is 11.5. The van der Waals surface area contributed by atoms with E-state index in [2.05, 4.69) is 26.5 Å². The van der Waals surface area contributed by atoms with Crippen LogP contribution in [0, 0.1) is 0 Å². The number of nitrogens with one attached hydrogen (secondary N) is 2. The Bertz CT molecular complexity index is 971. The van der Waals surface area contributed by atoms with E-state index in [9.17, 15) is 9.59 Å². The molecule has 2 aliphatic heterocycles. The van der Waals surface area contributed by atoms with E-state index in [4.69, 9.17) is 16.3 Å². The summed E-state index contributed by atoms with van der Waals surface area (Å²) in [4.78, 5) is 30.6. The van der Waals surface area contributed by atoms with Crippen molar-refractivity contribution in [3.8, 4) is 0 Å². The van der Waals surface area contributed by atoms with Gasteiger partial charge in [-0.25, -0.2) is 9.59 Å². The molecule has 2 aliphatic rings. The Hall–Kier alpha value is -2.55. The maximum atomic E-state index is 12.8. The molecule has 1 aromatic heterocycles. The first kappa shape index (κ1) is 21.7. The summed E-state index contributed by atoms with van der Waals surface area (Å²) in [5.41, 5.74) is 2.18. The average molecular weight is 461 g/mol. The SMILES string of the molecule is CCOC(=O)C1=C(CN2CCN(c3cccc(Cl)c3)CC2)NC(=O)N[C@@H]1c1cccs1. The maximum Gasteiger partial charge on any atom is 0.338 e. The molecular weight excluding hydrogens is 436 g/mol. The number of anilines is 1. The number of rotatable bonds is 6. The summed E-state index contributed by atoms with van der Waals surface area (Å²) < 4.78 is 5.33. The van der Waals surface area contributed by atoms with E-state index in [-0.39, 0.29) is 12.6 Å². The number of amides is 2. The zero-order chi connectivity index (χ0) is 21.8. The molecule has 9 heteroatoms. The molecule has 0 bridgehead atoms. The normalized spacial score (nSPS) is 19.7. The second-order valence-corrected chi connectivity index (χ2v) is 8.82. The average Bonchev–Trinajstić information content (AvgIpc) is 3.29. The molecule has 1 atom stereocenters. The van der Waals surface area contributed by atoms with Crippen LogP contribution in [0.4, 0.5) is 10.5 Å². The number of nitrogens with zero attached hydrogens (tertiary/aromatic N) is 2. The van der Waals surface area contributed by atoms with Crippen LogP contribution in [0.1, 0.15) is 17.8 Å². The monoisotopic (exact) mass is 460 g/mol. The summed E-state index contributed by atoms with van der Waals surface area (Å²) in [5, 5.41) is 8.38. The van der Waals surface area contributed by atoms with E-state index in [0.29, 0.717) is 17.8 Å². The van der Waals surface area contributed by atoms with Gasteiger partial charge in [0.15, 0.2) is 0 Å². The van der Waals surface area contributed by atoms with Crippen LogP contribution in [0.3, 0.4) is 0 Å². The molecule has 4 rings (SSSR count). The zero-order valence-electron chi connectivity index (χ0n) is 17.3. The number of hydrogen-bond donors (Lipinski definition) is 2. The van der Waals surface area contributed by atoms with Crippen molar-refractivity contribution in [3.05, 3.63) is 62.9 Å². The number of carbonyl (C=O) groups excluding carboxylic acids is 2. The molecule has 0 spiro atoms. The van der Waals surface area contributed by atoms with Crippen LogP contribution in [0.25, 0.3) is 0 Å². The Kier molecular flexibility index (Phi) is 6.80. The Balaban J connectivity index is 1.52. The lowest BCUT2D eigenvalue weighted by Gasteiger charge is -2.38. The molecule has 2 aromatic rings. The van der Waals surface area contributed by atoms with Crippen molar-refractivity contribution in [3.63, 3.8) is 0 Å². The predicted molar refractivity (Wildman–Crippen MR) is 122 cm³/mol. The molecule has 31 heavy (non-hydrogen) atoms. The molecule has 2 N–H and O–H groups in total. The quantitative estimate of drug-likeness (QED) is 0.646. The largest absolute Gasteiger partial charge is 0.463 e. The lowest BCUT2D eigenvalue weighted by molar-refractivity contribution is -0.139. The van der Waals surface area contributed by atoms with Gasteiger partial charge in [-0.3, -0.25) is 4.90 Å². The summed E-state index contributed by atoms with van der Waals surface area (Å²) in [6, 6.07) is 10.9. The minimum atomic E-state index is -0.504. The van der Waals surface area contributed by atoms with Crippen molar-refractivity contribution >= 4 is 40.6 Å². The standard InChI is InChI=1S/C22H25ClN4O3S/c1-2-30-21(28)19-17(24-22(29)25-20(19)18-7-4-12-31-18)14-26-8-10-27(11-9-26)16-6-3-5-15(23)13-16/h3-7,12-13,20H,2,8-11,14H2,1H3,(H2,24,25,29)/t20-/m1/s1. The summed E-state index contributed by atoms with van der Waals surface area (Å²) in [5.74, 6) is -0.402. The van der Waals surface area contributed by atoms with Crippen molar-refractivity contribution < 1.29 is 14.3 Å². The summed E-state index contributed by atoms with van der Waals surface area (Å²) in [6.07, 6.45) is 0. The molecule has 1 aromatic carbocycles. The Morgan fingerprint density at radius 1 is 1.23 bits per heavy atom. The fourth-order valence-corrected chi connectivity index (χ4v) is 4.89. The number of hydrogen-bond acceptors (Lipinski definition) is 6. The van der Waals surface area contributed by atoms with Gasteiger partial charge in [-0.15, -0.1) is 11.3 Å². The zero-order valence-corrected chi connectivity index (χ0v) is 18.8. The van der Waals surface area contributed by atoms with E-state index in [1.807, 2.05) is 35.7 Å².